The average molecular weight is 382 g/mol. The summed E-state index contributed by atoms with van der Waals surface area (Å²) in [5, 5.41) is 0.801. The molecule has 1 aromatic heterocycles. The predicted octanol–water partition coefficient (Wildman–Crippen LogP) is 2.31. The van der Waals surface area contributed by atoms with Gasteiger partial charge < -0.3 is 10.7 Å². The Bertz CT molecular complexity index is 383. The molecule has 2 rings (SSSR count). The Morgan fingerprint density at radius 1 is 1.08 bits per heavy atom. The molecule has 1 N–H and O–H groups in total. The predicted molar refractivity (Wildman–Crippen MR) is 43.5 cm³/mol. The molecule has 56 valence electrons. The van der Waals surface area contributed by atoms with Gasteiger partial charge in [0, 0.05) is 6.33 Å². The molecule has 0 unspecified atom stereocenters. The molecule has 0 saturated carbocycles. The Morgan fingerprint density at radius 2 is 1.83 bits per heavy atom. The quantitative estimate of drug-likeness (QED) is 0.702. The van der Waals surface area contributed by atoms with Gasteiger partial charge in [-0.2, -0.15) is 0 Å². The van der Waals surface area contributed by atoms with Crippen LogP contribution in [0.1, 0.15) is 0 Å². The first-order valence-electron chi connectivity index (χ1n) is 3.29. The number of aromatic nitrogens is 2. The minimum atomic E-state index is 0. The fourth-order valence-electron chi connectivity index (χ4n) is 1.00. The van der Waals surface area contributed by atoms with E-state index in [-0.39, 0.29) is 36.9 Å². The van der Waals surface area contributed by atoms with E-state index in [1.807, 2.05) is 24.3 Å². The van der Waals surface area contributed by atoms with Gasteiger partial charge in [-0.25, -0.2) is 0 Å². The minimum absolute atomic E-state index is 0. The van der Waals surface area contributed by atoms with E-state index in [1.54, 1.807) is 0 Å². The number of benzene rings is 1. The topological polar surface area (TPSA) is 49.6 Å². The molecule has 1 aromatic carbocycles. The van der Waals surface area contributed by atoms with Crippen LogP contribution in [-0.2, 0) is 0 Å². The molecule has 2 aromatic rings. The molecule has 0 fully saturated rings. The van der Waals surface area contributed by atoms with Crippen molar-refractivity contribution in [3.8, 4) is 0 Å². The zero-order valence-electron chi connectivity index (χ0n) is 6.28. The first kappa shape index (κ1) is 9.50. The van der Waals surface area contributed by atoms with Crippen molar-refractivity contribution in [2.75, 3.05) is 0 Å². The van der Waals surface area contributed by atoms with Crippen molar-refractivity contribution in [3.63, 3.8) is 0 Å². The van der Waals surface area contributed by atoms with E-state index in [1.165, 1.54) is 6.33 Å². The van der Waals surface area contributed by atoms with E-state index < -0.39 is 0 Å². The van der Waals surface area contributed by atoms with Crippen LogP contribution in [0.15, 0.2) is 30.6 Å². The largest absolute Gasteiger partial charge is 2.00 e. The molecule has 12 heavy (non-hydrogen) atoms. The van der Waals surface area contributed by atoms with Crippen LogP contribution >= 0.6 is 0 Å². The van der Waals surface area contributed by atoms with Crippen LogP contribution < -0.4 is 0 Å². The molecule has 1 heterocycles. The minimum Gasteiger partial charge on any atom is -0.481 e. The zero-order valence-corrected chi connectivity index (χ0v) is 10.4. The molecule has 0 aliphatic carbocycles. The molecule has 0 saturated heterocycles. The number of hydrogen-bond acceptors (Lipinski definition) is 2. The monoisotopic (exact) mass is 382 g/mol. The Balaban J connectivity index is 0.000000720. The van der Waals surface area contributed by atoms with E-state index in [0.29, 0.717) is 0 Å². The summed E-state index contributed by atoms with van der Waals surface area (Å²) < 4.78 is 0. The van der Waals surface area contributed by atoms with Gasteiger partial charge in [0.2, 0.25) is 0 Å². The van der Waals surface area contributed by atoms with Crippen LogP contribution in [0.25, 0.3) is 16.6 Å². The van der Waals surface area contributed by atoms with E-state index in [9.17, 15) is 0 Å². The van der Waals surface area contributed by atoms with Crippen molar-refractivity contribution in [1.29, 1.82) is 0 Å². The summed E-state index contributed by atoms with van der Waals surface area (Å²) in [4.78, 5) is 7.77. The second-order valence-electron chi connectivity index (χ2n) is 2.24. The Kier molecular flexibility index (Phi) is 3.07. The molecule has 0 bridgehead atoms. The van der Waals surface area contributed by atoms with Crippen molar-refractivity contribution < 1.29 is 31.1 Å². The maximum atomic E-state index is 7.41. The molecule has 3 nitrogen and oxygen atoms in total. The van der Waals surface area contributed by atoms with Gasteiger partial charge in [-0.05, 0) is 11.5 Å². The standard InChI is InChI=1S/C8H6N3.U/c9-8-6-3-1-2-4-7(6)10-5-11-8;/h1-5H,(H-,9,10,11);/q-1;+2. The number of rotatable bonds is 0. The third kappa shape index (κ3) is 1.60. The third-order valence-corrected chi connectivity index (χ3v) is 1.54. The summed E-state index contributed by atoms with van der Waals surface area (Å²) in [7, 11) is 0. The number of hydrogen-bond donors (Lipinski definition) is 0. The summed E-state index contributed by atoms with van der Waals surface area (Å²) in [6, 6.07) is 7.49. The van der Waals surface area contributed by atoms with Gasteiger partial charge in [0.1, 0.15) is 0 Å². The Labute approximate surface area is 93.8 Å². The molecular weight excluding hydrogens is 376 g/mol. The van der Waals surface area contributed by atoms with Crippen molar-refractivity contribution in [2.45, 2.75) is 0 Å². The molecule has 0 radical (unpaired) electrons. The van der Waals surface area contributed by atoms with Crippen molar-refractivity contribution in [3.05, 3.63) is 36.3 Å². The molecule has 4 heteroatoms. The van der Waals surface area contributed by atoms with Gasteiger partial charge in [-0.15, -0.1) is 0 Å². The van der Waals surface area contributed by atoms with Gasteiger partial charge >= 0.3 is 31.1 Å². The van der Waals surface area contributed by atoms with E-state index >= 15 is 0 Å². The molecular formula is C8H6N3U+. The van der Waals surface area contributed by atoms with Gasteiger partial charge in [0.25, 0.3) is 0 Å². The SMILES string of the molecule is [NH-]c1ncnc2ccccc12.[U+2]. The number of nitrogens with zero attached hydrogens (tertiary/aromatic N) is 2. The fraction of sp³-hybridized carbons (Fsp3) is 0. The number of fused-ring (bicyclic) bond motifs is 1. The van der Waals surface area contributed by atoms with Gasteiger partial charge in [-0.1, -0.05) is 24.0 Å². The third-order valence-electron chi connectivity index (χ3n) is 1.54. The Morgan fingerprint density at radius 3 is 2.58 bits per heavy atom. The van der Waals surface area contributed by atoms with E-state index in [0.717, 1.165) is 10.9 Å². The van der Waals surface area contributed by atoms with Crippen LogP contribution in [0.3, 0.4) is 0 Å². The molecule has 0 aliphatic rings. The summed E-state index contributed by atoms with van der Waals surface area (Å²) in [5.41, 5.74) is 8.24. The van der Waals surface area contributed by atoms with Crippen LogP contribution in [0.2, 0.25) is 0 Å². The molecule has 0 spiro atoms. The van der Waals surface area contributed by atoms with Gasteiger partial charge in [0.05, 0.1) is 5.52 Å². The van der Waals surface area contributed by atoms with Crippen molar-refractivity contribution in [2.24, 2.45) is 0 Å². The van der Waals surface area contributed by atoms with Crippen molar-refractivity contribution in [1.82, 2.24) is 9.97 Å². The summed E-state index contributed by atoms with van der Waals surface area (Å²) >= 11 is 0. The zero-order chi connectivity index (χ0) is 7.68. The van der Waals surface area contributed by atoms with Crippen LogP contribution in [0.4, 0.5) is 5.82 Å². The summed E-state index contributed by atoms with van der Waals surface area (Å²) in [6.45, 7) is 0. The average Bonchev–Trinajstić information content (AvgIpc) is 2.06. The van der Waals surface area contributed by atoms with E-state index in [2.05, 4.69) is 9.97 Å². The number of nitrogens with one attached hydrogen (secondary N) is 1. The smallest absolute Gasteiger partial charge is 0.481 e. The van der Waals surface area contributed by atoms with E-state index in [4.69, 9.17) is 5.73 Å². The first-order chi connectivity index (χ1) is 5.38. The first-order valence-corrected chi connectivity index (χ1v) is 3.29. The number of para-hydroxylation sites is 1. The maximum Gasteiger partial charge on any atom is 2.00 e. The molecule has 0 aliphatic heterocycles. The van der Waals surface area contributed by atoms with Gasteiger partial charge in [-0.3, -0.25) is 4.98 Å². The fourth-order valence-corrected chi connectivity index (χ4v) is 1.00. The summed E-state index contributed by atoms with van der Waals surface area (Å²) in [6.07, 6.45) is 1.41. The van der Waals surface area contributed by atoms with Crippen LogP contribution in [0, 0.1) is 31.1 Å². The normalized spacial score (nSPS) is 9.33. The molecule has 0 atom stereocenters. The van der Waals surface area contributed by atoms with Crippen LogP contribution in [0.5, 0.6) is 0 Å². The van der Waals surface area contributed by atoms with Gasteiger partial charge in [0.15, 0.2) is 0 Å². The Hall–Kier alpha value is -0.588. The maximum absolute atomic E-state index is 7.41. The second kappa shape index (κ2) is 3.88. The summed E-state index contributed by atoms with van der Waals surface area (Å²) in [5.74, 6) is 0.288. The molecule has 0 amide bonds. The van der Waals surface area contributed by atoms with Crippen molar-refractivity contribution >= 4 is 16.7 Å². The van der Waals surface area contributed by atoms with Crippen LogP contribution in [-0.4, -0.2) is 9.97 Å². The second-order valence-corrected chi connectivity index (χ2v) is 2.24.